The second-order valence-electron chi connectivity index (χ2n) is 15.9. The zero-order valence-electron chi connectivity index (χ0n) is 32.2. The predicted molar refractivity (Wildman–Crippen MR) is 208 cm³/mol. The first-order valence-electron chi connectivity index (χ1n) is 20.4. The molecule has 0 atom stereocenters. The molecule has 0 bridgehead atoms. The van der Waals surface area contributed by atoms with Gasteiger partial charge >= 0.3 is 0 Å². The standard InChI is InChI=1S/C42H86.ClH.H3N/c1-7-9-11-13-15-17-19-21-23-25-27-29-31-33-35-37-39-42(6,41(3,4)5)40-38-36-34-32-30-28-26-24-22-20-18-16-14-12-10-8-2;;/h7-40H2,1-6H3;1H;1H3. The van der Waals surface area contributed by atoms with E-state index in [0.29, 0.717) is 10.8 Å². The molecule has 0 aliphatic carbocycles. The van der Waals surface area contributed by atoms with Crippen molar-refractivity contribution in [2.45, 2.75) is 260 Å². The molecule has 0 heterocycles. The van der Waals surface area contributed by atoms with E-state index in [1.54, 1.807) is 0 Å². The van der Waals surface area contributed by atoms with Crippen molar-refractivity contribution in [1.82, 2.24) is 6.15 Å². The summed E-state index contributed by atoms with van der Waals surface area (Å²) in [4.78, 5) is 0. The molecule has 0 amide bonds. The first-order valence-corrected chi connectivity index (χ1v) is 20.4. The van der Waals surface area contributed by atoms with Crippen LogP contribution in [-0.2, 0) is 0 Å². The van der Waals surface area contributed by atoms with Gasteiger partial charge in [0.25, 0.3) is 0 Å². The predicted octanol–water partition coefficient (Wildman–Crippen LogP) is 16.9. The summed E-state index contributed by atoms with van der Waals surface area (Å²) in [6, 6.07) is 0. The van der Waals surface area contributed by atoms with Crippen LogP contribution in [-0.4, -0.2) is 0 Å². The fourth-order valence-corrected chi connectivity index (χ4v) is 7.00. The van der Waals surface area contributed by atoms with Crippen molar-refractivity contribution in [1.29, 1.82) is 0 Å². The fraction of sp³-hybridized carbons (Fsp3) is 1.00. The van der Waals surface area contributed by atoms with Crippen molar-refractivity contribution >= 4 is 12.4 Å². The lowest BCUT2D eigenvalue weighted by atomic mass is 9.63. The van der Waals surface area contributed by atoms with Crippen LogP contribution in [0.1, 0.15) is 260 Å². The highest BCUT2D eigenvalue weighted by molar-refractivity contribution is 5.85. The summed E-state index contributed by atoms with van der Waals surface area (Å²) in [6.45, 7) is 14.8. The van der Waals surface area contributed by atoms with E-state index in [9.17, 15) is 0 Å². The fourth-order valence-electron chi connectivity index (χ4n) is 7.00. The van der Waals surface area contributed by atoms with Crippen molar-refractivity contribution in [3.05, 3.63) is 0 Å². The van der Waals surface area contributed by atoms with Crippen LogP contribution in [0.5, 0.6) is 0 Å². The van der Waals surface area contributed by atoms with Crippen molar-refractivity contribution in [3.8, 4) is 0 Å². The zero-order chi connectivity index (χ0) is 31.0. The summed E-state index contributed by atoms with van der Waals surface area (Å²) in [5.41, 5.74) is 0.941. The van der Waals surface area contributed by atoms with Gasteiger partial charge in [-0.2, -0.15) is 0 Å². The van der Waals surface area contributed by atoms with E-state index in [2.05, 4.69) is 41.5 Å². The molecule has 0 unspecified atom stereocenters. The highest BCUT2D eigenvalue weighted by atomic mass is 35.5. The van der Waals surface area contributed by atoms with Crippen molar-refractivity contribution < 1.29 is 0 Å². The Hall–Kier alpha value is 0.250. The minimum Gasteiger partial charge on any atom is -0.344 e. The first kappa shape index (κ1) is 48.6. The summed E-state index contributed by atoms with van der Waals surface area (Å²) in [6.07, 6.45) is 49.8. The van der Waals surface area contributed by atoms with Crippen LogP contribution in [0, 0.1) is 10.8 Å². The molecule has 270 valence electrons. The van der Waals surface area contributed by atoms with Gasteiger partial charge in [-0.1, -0.05) is 247 Å². The summed E-state index contributed by atoms with van der Waals surface area (Å²) < 4.78 is 0. The number of hydrogen-bond donors (Lipinski definition) is 1. The topological polar surface area (TPSA) is 35.0 Å². The quantitative estimate of drug-likeness (QED) is 0.0695. The van der Waals surface area contributed by atoms with Gasteiger partial charge in [0.15, 0.2) is 0 Å². The molecule has 0 rings (SSSR count). The molecular formula is C42H90ClN. The molecule has 0 radical (unpaired) electrons. The number of hydrogen-bond acceptors (Lipinski definition) is 1. The Balaban J connectivity index is -0.00000840. The van der Waals surface area contributed by atoms with Crippen LogP contribution in [0.15, 0.2) is 0 Å². The van der Waals surface area contributed by atoms with E-state index in [1.807, 2.05) is 0 Å². The van der Waals surface area contributed by atoms with Gasteiger partial charge in [0.05, 0.1) is 0 Å². The van der Waals surface area contributed by atoms with E-state index in [-0.39, 0.29) is 18.6 Å². The highest BCUT2D eigenvalue weighted by Crippen LogP contribution is 2.46. The normalized spacial score (nSPS) is 11.9. The molecule has 44 heavy (non-hydrogen) atoms. The Morgan fingerprint density at radius 1 is 0.273 bits per heavy atom. The van der Waals surface area contributed by atoms with Crippen LogP contribution in [0.3, 0.4) is 0 Å². The second kappa shape index (κ2) is 36.1. The Morgan fingerprint density at radius 3 is 0.591 bits per heavy atom. The third-order valence-electron chi connectivity index (χ3n) is 11.0. The summed E-state index contributed by atoms with van der Waals surface area (Å²) in [5, 5.41) is 0. The number of rotatable bonds is 34. The molecule has 0 aliphatic rings. The molecule has 2 heteroatoms. The Kier molecular flexibility index (Phi) is 39.9. The first-order chi connectivity index (χ1) is 20.4. The Morgan fingerprint density at radius 2 is 0.432 bits per heavy atom. The molecule has 3 N–H and O–H groups in total. The lowest BCUT2D eigenvalue weighted by molar-refractivity contribution is 0.0776. The van der Waals surface area contributed by atoms with Crippen LogP contribution in [0.4, 0.5) is 0 Å². The largest absolute Gasteiger partial charge is 0.344 e. The number of halogens is 1. The van der Waals surface area contributed by atoms with Gasteiger partial charge in [0.1, 0.15) is 0 Å². The lowest BCUT2D eigenvalue weighted by Gasteiger charge is -2.43. The van der Waals surface area contributed by atoms with Crippen LogP contribution >= 0.6 is 12.4 Å². The molecular weight excluding hydrogens is 554 g/mol. The average Bonchev–Trinajstić information content (AvgIpc) is 2.96. The third-order valence-corrected chi connectivity index (χ3v) is 11.0. The van der Waals surface area contributed by atoms with E-state index in [1.165, 1.54) is 218 Å². The van der Waals surface area contributed by atoms with Crippen molar-refractivity contribution in [2.75, 3.05) is 0 Å². The monoisotopic (exact) mass is 644 g/mol. The Labute approximate surface area is 288 Å². The van der Waals surface area contributed by atoms with Crippen molar-refractivity contribution in [3.63, 3.8) is 0 Å². The zero-order valence-corrected chi connectivity index (χ0v) is 33.0. The minimum absolute atomic E-state index is 0. The van der Waals surface area contributed by atoms with E-state index >= 15 is 0 Å². The van der Waals surface area contributed by atoms with E-state index in [0.717, 1.165) is 0 Å². The third kappa shape index (κ3) is 32.2. The van der Waals surface area contributed by atoms with Gasteiger partial charge in [-0.05, 0) is 23.7 Å². The maximum Gasteiger partial charge on any atom is -0.0277 e. The molecule has 0 spiro atoms. The maximum atomic E-state index is 2.61. The summed E-state index contributed by atoms with van der Waals surface area (Å²) in [7, 11) is 0. The van der Waals surface area contributed by atoms with Crippen LogP contribution in [0.25, 0.3) is 0 Å². The molecule has 0 aromatic rings. The lowest BCUT2D eigenvalue weighted by Crippen LogP contribution is -2.32. The molecule has 0 aromatic carbocycles. The highest BCUT2D eigenvalue weighted by Gasteiger charge is 2.35. The number of unbranched alkanes of at least 4 members (excludes halogenated alkanes) is 30. The van der Waals surface area contributed by atoms with Gasteiger partial charge in [-0.15, -0.1) is 12.4 Å². The van der Waals surface area contributed by atoms with Gasteiger partial charge in [0.2, 0.25) is 0 Å². The van der Waals surface area contributed by atoms with Gasteiger partial charge in [0, 0.05) is 0 Å². The average molecular weight is 645 g/mol. The molecule has 0 saturated carbocycles. The molecule has 1 nitrogen and oxygen atoms in total. The van der Waals surface area contributed by atoms with Gasteiger partial charge in [-0.3, -0.25) is 0 Å². The summed E-state index contributed by atoms with van der Waals surface area (Å²) >= 11 is 0. The minimum atomic E-state index is 0. The molecule has 0 fully saturated rings. The van der Waals surface area contributed by atoms with Gasteiger partial charge < -0.3 is 6.15 Å². The van der Waals surface area contributed by atoms with Crippen LogP contribution in [0.2, 0.25) is 0 Å². The SMILES string of the molecule is CCCCCCCCCCCCCCCCCCC(C)(CCCCCCCCCCCCCCCCCC)C(C)(C)C.Cl.N. The smallest absolute Gasteiger partial charge is 0.0277 e. The van der Waals surface area contributed by atoms with Gasteiger partial charge in [-0.25, -0.2) is 0 Å². The molecule has 0 aromatic heterocycles. The van der Waals surface area contributed by atoms with E-state index < -0.39 is 0 Å². The van der Waals surface area contributed by atoms with E-state index in [4.69, 9.17) is 0 Å². The maximum absolute atomic E-state index is 2.61. The second-order valence-corrected chi connectivity index (χ2v) is 15.9. The molecule has 0 saturated heterocycles. The summed E-state index contributed by atoms with van der Waals surface area (Å²) in [5.74, 6) is 0. The van der Waals surface area contributed by atoms with Crippen molar-refractivity contribution in [2.24, 2.45) is 10.8 Å². The van der Waals surface area contributed by atoms with Crippen LogP contribution < -0.4 is 6.15 Å². The Bertz CT molecular complexity index is 474. The molecule has 0 aliphatic heterocycles.